The molecule has 1 heterocycles. The second kappa shape index (κ2) is 9.97. The van der Waals surface area contributed by atoms with Crippen molar-refractivity contribution in [2.24, 2.45) is 0 Å². The molecule has 0 radical (unpaired) electrons. The highest BCUT2D eigenvalue weighted by Gasteiger charge is 2.35. The number of ether oxygens (including phenoxy) is 1. The van der Waals surface area contributed by atoms with Crippen LogP contribution in [0.2, 0.25) is 0 Å². The average Bonchev–Trinajstić information content (AvgIpc) is 3.17. The fourth-order valence-electron chi connectivity index (χ4n) is 4.19. The fourth-order valence-corrected chi connectivity index (χ4v) is 4.19. The predicted octanol–water partition coefficient (Wildman–Crippen LogP) is 4.35. The summed E-state index contributed by atoms with van der Waals surface area (Å²) in [7, 11) is 0. The molecular weight excluding hydrogens is 446 g/mol. The number of aromatic nitrogens is 1. The molecule has 8 nitrogen and oxygen atoms in total. The van der Waals surface area contributed by atoms with E-state index in [1.165, 1.54) is 12.3 Å². The van der Waals surface area contributed by atoms with Crippen molar-refractivity contribution in [3.05, 3.63) is 83.7 Å². The zero-order valence-corrected chi connectivity index (χ0v) is 19.6. The van der Waals surface area contributed by atoms with Crippen LogP contribution in [0.5, 0.6) is 0 Å². The second-order valence-electron chi connectivity index (χ2n) is 8.70. The van der Waals surface area contributed by atoms with Crippen molar-refractivity contribution < 1.29 is 24.2 Å². The predicted molar refractivity (Wildman–Crippen MR) is 131 cm³/mol. The van der Waals surface area contributed by atoms with Gasteiger partial charge in [-0.3, -0.25) is 14.6 Å². The molecule has 2 amide bonds. The largest absolute Gasteiger partial charge is 0.481 e. The van der Waals surface area contributed by atoms with Gasteiger partial charge in [-0.15, -0.1) is 0 Å². The van der Waals surface area contributed by atoms with Crippen molar-refractivity contribution in [2.45, 2.75) is 38.1 Å². The molecule has 35 heavy (non-hydrogen) atoms. The number of rotatable bonds is 8. The van der Waals surface area contributed by atoms with Gasteiger partial charge >= 0.3 is 12.1 Å². The topological polar surface area (TPSA) is 118 Å². The molecule has 0 spiro atoms. The third-order valence-electron chi connectivity index (χ3n) is 6.34. The second-order valence-corrected chi connectivity index (χ2v) is 8.70. The molecule has 0 aliphatic heterocycles. The van der Waals surface area contributed by atoms with Gasteiger partial charge in [0.15, 0.2) is 0 Å². The lowest BCUT2D eigenvalue weighted by Gasteiger charge is -2.28. The Bertz CT molecular complexity index is 1210. The number of carboxylic acids is 1. The van der Waals surface area contributed by atoms with Gasteiger partial charge in [-0.1, -0.05) is 55.5 Å². The number of aliphatic carboxylic acids is 1. The Morgan fingerprint density at radius 3 is 2.17 bits per heavy atom. The van der Waals surface area contributed by atoms with Crippen molar-refractivity contribution in [3.63, 3.8) is 0 Å². The summed E-state index contributed by atoms with van der Waals surface area (Å²) < 4.78 is 5.59. The first-order valence-corrected chi connectivity index (χ1v) is 11.4. The molecule has 1 aliphatic carbocycles. The van der Waals surface area contributed by atoms with Crippen molar-refractivity contribution in [1.82, 2.24) is 10.3 Å². The quantitative estimate of drug-likeness (QED) is 0.448. The third kappa shape index (κ3) is 5.16. The van der Waals surface area contributed by atoms with Gasteiger partial charge in [0.1, 0.15) is 12.1 Å². The first-order valence-electron chi connectivity index (χ1n) is 11.4. The van der Waals surface area contributed by atoms with E-state index in [9.17, 15) is 14.4 Å². The van der Waals surface area contributed by atoms with Gasteiger partial charge in [-0.2, -0.15) is 0 Å². The van der Waals surface area contributed by atoms with E-state index in [1.54, 1.807) is 19.9 Å². The maximum Gasteiger partial charge on any atom is 0.408 e. The molecule has 0 saturated heterocycles. The summed E-state index contributed by atoms with van der Waals surface area (Å²) >= 11 is 0. The Hall–Kier alpha value is -4.20. The zero-order valence-electron chi connectivity index (χ0n) is 19.6. The van der Waals surface area contributed by atoms with Crippen molar-refractivity contribution in [1.29, 1.82) is 0 Å². The van der Waals surface area contributed by atoms with E-state index in [0.29, 0.717) is 17.8 Å². The minimum absolute atomic E-state index is 0.0785. The van der Waals surface area contributed by atoms with Crippen LogP contribution in [0, 0.1) is 0 Å². The van der Waals surface area contributed by atoms with E-state index in [4.69, 9.17) is 9.84 Å². The lowest BCUT2D eigenvalue weighted by Crippen LogP contribution is -2.54. The number of hydrogen-bond acceptors (Lipinski definition) is 5. The highest BCUT2D eigenvalue weighted by atomic mass is 16.5. The third-order valence-corrected chi connectivity index (χ3v) is 6.34. The summed E-state index contributed by atoms with van der Waals surface area (Å²) in [5.41, 5.74) is 4.05. The molecule has 1 aliphatic rings. The number of carbonyl (C=O) groups excluding carboxylic acids is 2. The standard InChI is InChI=1S/C27H27N3O5/c1-3-27(2,25(33)29-18-13-12-17(28-15-18)14-24(31)32)30-26(34)35-16-23-21-10-6-4-8-19(21)20-9-5-7-11-22(20)23/h4-13,15,23H,3,14,16H2,1-2H3,(H,29,33)(H,30,34)(H,31,32). The van der Waals surface area contributed by atoms with Crippen LogP contribution in [0.1, 0.15) is 43.0 Å². The fraction of sp³-hybridized carbons (Fsp3) is 0.259. The smallest absolute Gasteiger partial charge is 0.408 e. The molecular formula is C27H27N3O5. The number of carbonyl (C=O) groups is 3. The van der Waals surface area contributed by atoms with Gasteiger partial charge in [-0.25, -0.2) is 4.79 Å². The van der Waals surface area contributed by atoms with Crippen LogP contribution in [-0.2, 0) is 20.7 Å². The van der Waals surface area contributed by atoms with Crippen LogP contribution < -0.4 is 10.6 Å². The number of alkyl carbamates (subject to hydrolysis) is 1. The SMILES string of the molecule is CCC(C)(NC(=O)OCC1c2ccccc2-c2ccccc21)C(=O)Nc1ccc(CC(=O)O)nc1. The highest BCUT2D eigenvalue weighted by molar-refractivity contribution is 5.99. The maximum absolute atomic E-state index is 12.9. The van der Waals surface area contributed by atoms with Crippen LogP contribution in [0.25, 0.3) is 11.1 Å². The Labute approximate surface area is 203 Å². The van der Waals surface area contributed by atoms with Crippen LogP contribution in [0.15, 0.2) is 66.9 Å². The molecule has 2 aromatic carbocycles. The molecule has 0 fully saturated rings. The van der Waals surface area contributed by atoms with Crippen LogP contribution in [0.4, 0.5) is 10.5 Å². The van der Waals surface area contributed by atoms with Gasteiger partial charge < -0.3 is 20.5 Å². The van der Waals surface area contributed by atoms with E-state index >= 15 is 0 Å². The monoisotopic (exact) mass is 473 g/mol. The molecule has 4 rings (SSSR count). The first kappa shape index (κ1) is 23.9. The summed E-state index contributed by atoms with van der Waals surface area (Å²) in [5, 5.41) is 14.3. The minimum atomic E-state index is -1.22. The van der Waals surface area contributed by atoms with Gasteiger partial charge in [0.2, 0.25) is 5.91 Å². The van der Waals surface area contributed by atoms with Gasteiger partial charge in [0.05, 0.1) is 24.0 Å². The minimum Gasteiger partial charge on any atom is -0.481 e. The van der Waals surface area contributed by atoms with Crippen LogP contribution in [-0.4, -0.2) is 40.2 Å². The molecule has 180 valence electrons. The van der Waals surface area contributed by atoms with E-state index in [0.717, 1.165) is 22.3 Å². The number of amides is 2. The summed E-state index contributed by atoms with van der Waals surface area (Å²) in [6.45, 7) is 3.56. The number of nitrogens with one attached hydrogen (secondary N) is 2. The molecule has 1 atom stereocenters. The molecule has 8 heteroatoms. The Morgan fingerprint density at radius 1 is 1.00 bits per heavy atom. The van der Waals surface area contributed by atoms with Crippen molar-refractivity contribution in [3.8, 4) is 11.1 Å². The van der Waals surface area contributed by atoms with Crippen molar-refractivity contribution >= 4 is 23.7 Å². The highest BCUT2D eigenvalue weighted by Crippen LogP contribution is 2.44. The van der Waals surface area contributed by atoms with Gasteiger partial charge in [-0.05, 0) is 47.7 Å². The van der Waals surface area contributed by atoms with E-state index < -0.39 is 23.5 Å². The number of carboxylic acid groups (broad SMARTS) is 1. The lowest BCUT2D eigenvalue weighted by atomic mass is 9.97. The number of pyridine rings is 1. The summed E-state index contributed by atoms with van der Waals surface area (Å²) in [6, 6.07) is 19.3. The summed E-state index contributed by atoms with van der Waals surface area (Å²) in [6.07, 6.45) is 0.832. The molecule has 1 unspecified atom stereocenters. The number of fused-ring (bicyclic) bond motifs is 3. The van der Waals surface area contributed by atoms with Crippen LogP contribution >= 0.6 is 0 Å². The number of nitrogens with zero attached hydrogens (tertiary/aromatic N) is 1. The van der Waals surface area contributed by atoms with Crippen molar-refractivity contribution in [2.75, 3.05) is 11.9 Å². The lowest BCUT2D eigenvalue weighted by molar-refractivity contribution is -0.136. The molecule has 1 aromatic heterocycles. The molecule has 0 bridgehead atoms. The molecule has 0 saturated carbocycles. The van der Waals surface area contributed by atoms with E-state index in [-0.39, 0.29) is 18.9 Å². The maximum atomic E-state index is 12.9. The van der Waals surface area contributed by atoms with Crippen LogP contribution in [0.3, 0.4) is 0 Å². The first-order chi connectivity index (χ1) is 16.8. The normalized spacial score (nSPS) is 13.8. The van der Waals surface area contributed by atoms with E-state index in [2.05, 4.69) is 27.8 Å². The Kier molecular flexibility index (Phi) is 6.82. The van der Waals surface area contributed by atoms with Gasteiger partial charge in [0, 0.05) is 5.92 Å². The number of benzene rings is 2. The van der Waals surface area contributed by atoms with E-state index in [1.807, 2.05) is 36.4 Å². The Morgan fingerprint density at radius 2 is 1.63 bits per heavy atom. The number of anilines is 1. The zero-order chi connectivity index (χ0) is 25.0. The Balaban J connectivity index is 1.39. The van der Waals surface area contributed by atoms with Gasteiger partial charge in [0.25, 0.3) is 0 Å². The average molecular weight is 474 g/mol. The summed E-state index contributed by atoms with van der Waals surface area (Å²) in [4.78, 5) is 40.5. The number of hydrogen-bond donors (Lipinski definition) is 3. The summed E-state index contributed by atoms with van der Waals surface area (Å²) in [5.74, 6) is -1.49. The molecule has 3 N–H and O–H groups in total. The molecule has 3 aromatic rings.